The first-order valence-electron chi connectivity index (χ1n) is 4.78. The fraction of sp³-hybridized carbons (Fsp3) is 0.273. The van der Waals surface area contributed by atoms with E-state index in [1.54, 1.807) is 0 Å². The zero-order valence-corrected chi connectivity index (χ0v) is 8.40. The van der Waals surface area contributed by atoms with Crippen LogP contribution in [0.4, 0.5) is 5.69 Å². The molecule has 4 heteroatoms. The third kappa shape index (κ3) is 1.76. The predicted octanol–water partition coefficient (Wildman–Crippen LogP) is 0.809. The number of anilines is 1. The van der Waals surface area contributed by atoms with Crippen molar-refractivity contribution in [3.05, 3.63) is 29.8 Å². The van der Waals surface area contributed by atoms with E-state index in [0.717, 1.165) is 17.0 Å². The summed E-state index contributed by atoms with van der Waals surface area (Å²) in [6.45, 7) is 1.57. The van der Waals surface area contributed by atoms with Crippen LogP contribution in [0.15, 0.2) is 29.3 Å². The second-order valence-corrected chi connectivity index (χ2v) is 3.45. The van der Waals surface area contributed by atoms with Crippen molar-refractivity contribution in [2.24, 2.45) is 4.99 Å². The van der Waals surface area contributed by atoms with Crippen molar-refractivity contribution in [3.63, 3.8) is 0 Å². The van der Waals surface area contributed by atoms with Crippen LogP contribution in [0.5, 0.6) is 0 Å². The lowest BCUT2D eigenvalue weighted by atomic mass is 10.1. The Morgan fingerprint density at radius 2 is 2.20 bits per heavy atom. The highest BCUT2D eigenvalue weighted by Gasteiger charge is 2.21. The van der Waals surface area contributed by atoms with Gasteiger partial charge in [-0.05, 0) is 13.0 Å². The number of carbonyl (C=O) groups is 1. The molecule has 2 rings (SSSR count). The van der Waals surface area contributed by atoms with Gasteiger partial charge in [0.25, 0.3) is 5.91 Å². The minimum Gasteiger partial charge on any atom is -0.394 e. The van der Waals surface area contributed by atoms with Crippen LogP contribution in [0.2, 0.25) is 0 Å². The number of aliphatic imine (C=N–C) groups is 1. The molecule has 1 atom stereocenters. The molecule has 1 aliphatic heterocycles. The van der Waals surface area contributed by atoms with Crippen LogP contribution in [-0.2, 0) is 4.79 Å². The molecule has 2 N–H and O–H groups in total. The molecule has 0 saturated heterocycles. The molecule has 1 heterocycles. The molecule has 0 bridgehead atoms. The van der Waals surface area contributed by atoms with Crippen molar-refractivity contribution < 1.29 is 9.90 Å². The third-order valence-electron chi connectivity index (χ3n) is 2.40. The monoisotopic (exact) mass is 204 g/mol. The average molecular weight is 204 g/mol. The molecule has 0 saturated carbocycles. The van der Waals surface area contributed by atoms with Gasteiger partial charge in [0.15, 0.2) is 6.04 Å². The van der Waals surface area contributed by atoms with Crippen molar-refractivity contribution in [2.75, 3.05) is 11.9 Å². The van der Waals surface area contributed by atoms with Crippen molar-refractivity contribution in [1.29, 1.82) is 0 Å². The molecule has 0 fully saturated rings. The van der Waals surface area contributed by atoms with E-state index in [9.17, 15) is 4.79 Å². The summed E-state index contributed by atoms with van der Waals surface area (Å²) in [4.78, 5) is 15.7. The van der Waals surface area contributed by atoms with Gasteiger partial charge in [-0.1, -0.05) is 18.2 Å². The number of para-hydroxylation sites is 1. The second kappa shape index (κ2) is 3.82. The normalized spacial score (nSPS) is 20.0. The molecule has 15 heavy (non-hydrogen) atoms. The van der Waals surface area contributed by atoms with E-state index < -0.39 is 6.04 Å². The molecule has 1 amide bonds. The highest BCUT2D eigenvalue weighted by molar-refractivity contribution is 6.10. The Labute approximate surface area is 87.7 Å². The molecule has 0 radical (unpaired) electrons. The fourth-order valence-corrected chi connectivity index (χ4v) is 1.61. The summed E-state index contributed by atoms with van der Waals surface area (Å²) in [5.41, 5.74) is 2.42. The molecule has 0 aromatic heterocycles. The number of rotatable bonds is 1. The average Bonchev–Trinajstić information content (AvgIpc) is 2.37. The summed E-state index contributed by atoms with van der Waals surface area (Å²) < 4.78 is 0. The Morgan fingerprint density at radius 1 is 1.47 bits per heavy atom. The molecule has 1 aliphatic rings. The number of hydrogen-bond acceptors (Lipinski definition) is 3. The predicted molar refractivity (Wildman–Crippen MR) is 58.2 cm³/mol. The number of fused-ring (bicyclic) bond motifs is 1. The maximum Gasteiger partial charge on any atom is 0.251 e. The minimum absolute atomic E-state index is 0.262. The molecule has 1 aromatic carbocycles. The van der Waals surface area contributed by atoms with E-state index in [4.69, 9.17) is 5.11 Å². The van der Waals surface area contributed by atoms with E-state index in [-0.39, 0.29) is 12.5 Å². The highest BCUT2D eigenvalue weighted by atomic mass is 16.3. The van der Waals surface area contributed by atoms with Crippen molar-refractivity contribution in [1.82, 2.24) is 0 Å². The number of amides is 1. The number of aliphatic hydroxyl groups excluding tert-OH is 1. The lowest BCUT2D eigenvalue weighted by molar-refractivity contribution is -0.118. The van der Waals surface area contributed by atoms with Crippen LogP contribution in [0.1, 0.15) is 12.5 Å². The molecule has 4 nitrogen and oxygen atoms in total. The van der Waals surface area contributed by atoms with Crippen LogP contribution >= 0.6 is 0 Å². The largest absolute Gasteiger partial charge is 0.394 e. The first-order valence-corrected chi connectivity index (χ1v) is 4.78. The highest BCUT2D eigenvalue weighted by Crippen LogP contribution is 2.19. The van der Waals surface area contributed by atoms with Gasteiger partial charge < -0.3 is 10.4 Å². The van der Waals surface area contributed by atoms with Crippen molar-refractivity contribution >= 4 is 17.3 Å². The van der Waals surface area contributed by atoms with Gasteiger partial charge in [-0.3, -0.25) is 9.79 Å². The van der Waals surface area contributed by atoms with Crippen LogP contribution < -0.4 is 5.32 Å². The number of nitrogens with one attached hydrogen (secondary N) is 1. The lowest BCUT2D eigenvalue weighted by Crippen LogP contribution is -2.28. The van der Waals surface area contributed by atoms with Gasteiger partial charge >= 0.3 is 0 Å². The first kappa shape index (κ1) is 9.86. The maximum absolute atomic E-state index is 11.6. The summed E-state index contributed by atoms with van der Waals surface area (Å²) in [5.74, 6) is -0.262. The van der Waals surface area contributed by atoms with Crippen LogP contribution in [0, 0.1) is 0 Å². The third-order valence-corrected chi connectivity index (χ3v) is 2.40. The molecule has 78 valence electrons. The summed E-state index contributed by atoms with van der Waals surface area (Å²) in [6.07, 6.45) is 0. The van der Waals surface area contributed by atoms with Gasteiger partial charge in [-0.25, -0.2) is 0 Å². The van der Waals surface area contributed by atoms with E-state index in [2.05, 4.69) is 10.3 Å². The van der Waals surface area contributed by atoms with E-state index in [0.29, 0.717) is 0 Å². The fourth-order valence-electron chi connectivity index (χ4n) is 1.61. The number of nitrogens with zero attached hydrogens (tertiary/aromatic N) is 1. The van der Waals surface area contributed by atoms with Gasteiger partial charge in [0.2, 0.25) is 0 Å². The van der Waals surface area contributed by atoms with Crippen molar-refractivity contribution in [3.8, 4) is 0 Å². The maximum atomic E-state index is 11.6. The molecule has 0 aliphatic carbocycles. The van der Waals surface area contributed by atoms with Gasteiger partial charge in [0, 0.05) is 17.0 Å². The summed E-state index contributed by atoms with van der Waals surface area (Å²) in [6, 6.07) is 6.77. The summed E-state index contributed by atoms with van der Waals surface area (Å²) in [7, 11) is 0. The van der Waals surface area contributed by atoms with E-state index >= 15 is 0 Å². The summed E-state index contributed by atoms with van der Waals surface area (Å²) in [5, 5.41) is 11.8. The molecular formula is C11H12N2O2. The number of benzene rings is 1. The summed E-state index contributed by atoms with van der Waals surface area (Å²) >= 11 is 0. The standard InChI is InChI=1S/C11H12N2O2/c1-7-8-4-2-3-5-9(8)13-11(15)10(6-14)12-7/h2-5,10,14H,6H2,1H3,(H,13,15)/t10-/m1/s1. The second-order valence-electron chi connectivity index (χ2n) is 3.45. The van der Waals surface area contributed by atoms with E-state index in [1.165, 1.54) is 0 Å². The molecule has 1 aromatic rings. The Morgan fingerprint density at radius 3 is 2.93 bits per heavy atom. The van der Waals surface area contributed by atoms with Gasteiger partial charge in [-0.2, -0.15) is 0 Å². The number of hydrogen-bond donors (Lipinski definition) is 2. The first-order chi connectivity index (χ1) is 7.22. The Hall–Kier alpha value is -1.68. The van der Waals surface area contributed by atoms with Gasteiger partial charge in [0.05, 0.1) is 6.61 Å². The van der Waals surface area contributed by atoms with Crippen LogP contribution in [0.3, 0.4) is 0 Å². The Balaban J connectivity index is 2.49. The van der Waals surface area contributed by atoms with E-state index in [1.807, 2.05) is 31.2 Å². The number of aliphatic hydroxyl groups is 1. The Bertz CT molecular complexity index is 426. The lowest BCUT2D eigenvalue weighted by Gasteiger charge is -2.07. The SMILES string of the molecule is CC1=N[C@H](CO)C(=O)Nc2ccccc21. The zero-order valence-electron chi connectivity index (χ0n) is 8.40. The molecular weight excluding hydrogens is 192 g/mol. The minimum atomic E-state index is -0.697. The topological polar surface area (TPSA) is 61.7 Å². The smallest absolute Gasteiger partial charge is 0.251 e. The molecule has 0 spiro atoms. The number of benzodiazepines with no additional fused rings is 1. The van der Waals surface area contributed by atoms with Gasteiger partial charge in [0.1, 0.15) is 0 Å². The van der Waals surface area contributed by atoms with Crippen LogP contribution in [0.25, 0.3) is 0 Å². The molecule has 0 unspecified atom stereocenters. The quantitative estimate of drug-likeness (QED) is 0.711. The Kier molecular flexibility index (Phi) is 2.51. The van der Waals surface area contributed by atoms with Gasteiger partial charge in [-0.15, -0.1) is 0 Å². The van der Waals surface area contributed by atoms with Crippen LogP contribution in [-0.4, -0.2) is 29.4 Å². The zero-order chi connectivity index (χ0) is 10.8. The van der Waals surface area contributed by atoms with Crippen molar-refractivity contribution in [2.45, 2.75) is 13.0 Å². The number of carbonyl (C=O) groups excluding carboxylic acids is 1.